The summed E-state index contributed by atoms with van der Waals surface area (Å²) in [6.45, 7) is 4.57. The van der Waals surface area contributed by atoms with E-state index in [1.165, 1.54) is 11.1 Å². The van der Waals surface area contributed by atoms with E-state index in [1.54, 1.807) is 0 Å². The number of fused-ring (bicyclic) bond motifs is 1. The highest BCUT2D eigenvalue weighted by atomic mass is 16.5. The third-order valence-electron chi connectivity index (χ3n) is 4.06. The number of para-hydroxylation sites is 1. The minimum Gasteiger partial charge on any atom is -0.485 e. The summed E-state index contributed by atoms with van der Waals surface area (Å²) < 4.78 is 6.20. The first kappa shape index (κ1) is 11.3. The zero-order valence-electron chi connectivity index (χ0n) is 10.8. The Kier molecular flexibility index (Phi) is 2.83. The molecule has 1 nitrogen and oxygen atoms in total. The van der Waals surface area contributed by atoms with Crippen LogP contribution in [0.15, 0.2) is 54.6 Å². The molecule has 0 bridgehead atoms. The summed E-state index contributed by atoms with van der Waals surface area (Å²) in [5, 5.41) is 0. The highest BCUT2D eigenvalue weighted by Gasteiger charge is 2.33. The van der Waals surface area contributed by atoms with Gasteiger partial charge in [0.1, 0.15) is 11.9 Å². The normalized spacial score (nSPS) is 26.2. The second-order valence-electron chi connectivity index (χ2n) is 5.13. The van der Waals surface area contributed by atoms with E-state index in [1.807, 2.05) is 12.1 Å². The monoisotopic (exact) mass is 238 g/mol. The third-order valence-corrected chi connectivity index (χ3v) is 4.06. The van der Waals surface area contributed by atoms with Gasteiger partial charge in [-0.25, -0.2) is 0 Å². The molecular formula is C17H18O. The first-order valence-electron chi connectivity index (χ1n) is 6.58. The number of benzene rings is 2. The Labute approximate surface area is 108 Å². The summed E-state index contributed by atoms with van der Waals surface area (Å²) in [5.41, 5.74) is 2.60. The van der Waals surface area contributed by atoms with E-state index >= 15 is 0 Å². The molecule has 0 radical (unpaired) electrons. The van der Waals surface area contributed by atoms with Crippen molar-refractivity contribution in [3.63, 3.8) is 0 Å². The van der Waals surface area contributed by atoms with Crippen LogP contribution >= 0.6 is 0 Å². The fourth-order valence-electron chi connectivity index (χ4n) is 2.77. The van der Waals surface area contributed by atoms with Crippen molar-refractivity contribution in [2.75, 3.05) is 0 Å². The van der Waals surface area contributed by atoms with Crippen LogP contribution in [0.25, 0.3) is 0 Å². The zero-order chi connectivity index (χ0) is 12.5. The molecular weight excluding hydrogens is 220 g/mol. The van der Waals surface area contributed by atoms with Crippen LogP contribution in [0.5, 0.6) is 5.75 Å². The maximum atomic E-state index is 6.20. The molecule has 92 valence electrons. The van der Waals surface area contributed by atoms with E-state index in [2.05, 4.69) is 56.3 Å². The van der Waals surface area contributed by atoms with Crippen molar-refractivity contribution in [3.05, 3.63) is 65.7 Å². The molecule has 3 atom stereocenters. The molecule has 1 heterocycles. The topological polar surface area (TPSA) is 9.23 Å². The second-order valence-corrected chi connectivity index (χ2v) is 5.13. The van der Waals surface area contributed by atoms with Crippen LogP contribution in [0.3, 0.4) is 0 Å². The van der Waals surface area contributed by atoms with Gasteiger partial charge >= 0.3 is 0 Å². The van der Waals surface area contributed by atoms with E-state index in [0.29, 0.717) is 11.8 Å². The van der Waals surface area contributed by atoms with Crippen LogP contribution in [-0.2, 0) is 0 Å². The number of rotatable bonds is 1. The summed E-state index contributed by atoms with van der Waals surface area (Å²) in [4.78, 5) is 0. The fraction of sp³-hybridized carbons (Fsp3) is 0.294. The van der Waals surface area contributed by atoms with Crippen LogP contribution < -0.4 is 4.74 Å². The molecule has 0 saturated heterocycles. The van der Waals surface area contributed by atoms with E-state index in [4.69, 9.17) is 4.74 Å². The van der Waals surface area contributed by atoms with Gasteiger partial charge in [0, 0.05) is 5.92 Å². The van der Waals surface area contributed by atoms with Gasteiger partial charge in [0.05, 0.1) is 0 Å². The minimum atomic E-state index is 0.163. The second kappa shape index (κ2) is 4.49. The molecule has 3 unspecified atom stereocenters. The van der Waals surface area contributed by atoms with E-state index in [-0.39, 0.29) is 6.10 Å². The Balaban J connectivity index is 2.01. The smallest absolute Gasteiger partial charge is 0.127 e. The number of ether oxygens (including phenoxy) is 1. The molecule has 0 spiro atoms. The van der Waals surface area contributed by atoms with Crippen molar-refractivity contribution in [2.24, 2.45) is 5.92 Å². The predicted octanol–water partition coefficient (Wildman–Crippen LogP) is 4.56. The molecule has 1 aliphatic rings. The Morgan fingerprint density at radius 3 is 2.28 bits per heavy atom. The molecule has 0 saturated carbocycles. The molecule has 2 aromatic rings. The van der Waals surface area contributed by atoms with Gasteiger partial charge in [-0.05, 0) is 23.1 Å². The lowest BCUT2D eigenvalue weighted by molar-refractivity contribution is 0.106. The fourth-order valence-corrected chi connectivity index (χ4v) is 2.77. The van der Waals surface area contributed by atoms with Crippen LogP contribution in [0.2, 0.25) is 0 Å². The molecule has 0 aliphatic carbocycles. The minimum absolute atomic E-state index is 0.163. The van der Waals surface area contributed by atoms with Crippen molar-refractivity contribution >= 4 is 0 Å². The van der Waals surface area contributed by atoms with E-state index < -0.39 is 0 Å². The van der Waals surface area contributed by atoms with Gasteiger partial charge in [0.15, 0.2) is 0 Å². The van der Waals surface area contributed by atoms with Crippen molar-refractivity contribution in [2.45, 2.75) is 25.9 Å². The Morgan fingerprint density at radius 1 is 0.833 bits per heavy atom. The van der Waals surface area contributed by atoms with Crippen molar-refractivity contribution in [1.82, 2.24) is 0 Å². The highest BCUT2D eigenvalue weighted by Crippen LogP contribution is 2.45. The molecule has 0 aromatic heterocycles. The third kappa shape index (κ3) is 1.80. The zero-order valence-corrected chi connectivity index (χ0v) is 10.8. The van der Waals surface area contributed by atoms with Gasteiger partial charge in [-0.3, -0.25) is 0 Å². The summed E-state index contributed by atoms with van der Waals surface area (Å²) in [6, 6.07) is 18.9. The SMILES string of the molecule is CC1c2ccccc2OC(c2ccccc2)C1C. The van der Waals surface area contributed by atoms with E-state index in [0.717, 1.165) is 5.75 Å². The molecule has 0 amide bonds. The molecule has 1 aliphatic heterocycles. The Hall–Kier alpha value is -1.76. The summed E-state index contributed by atoms with van der Waals surface area (Å²) in [6.07, 6.45) is 0.163. The lowest BCUT2D eigenvalue weighted by Crippen LogP contribution is -2.26. The molecule has 2 aromatic carbocycles. The van der Waals surface area contributed by atoms with Crippen LogP contribution in [0.1, 0.15) is 37.0 Å². The standard InChI is InChI=1S/C17H18O/c1-12-13(2)17(14-8-4-3-5-9-14)18-16-11-7-6-10-15(12)16/h3-13,17H,1-2H3. The van der Waals surface area contributed by atoms with Gasteiger partial charge in [-0.1, -0.05) is 62.4 Å². The van der Waals surface area contributed by atoms with Gasteiger partial charge in [0.25, 0.3) is 0 Å². The quantitative estimate of drug-likeness (QED) is 0.707. The van der Waals surface area contributed by atoms with Crippen LogP contribution in [-0.4, -0.2) is 0 Å². The molecule has 1 heteroatoms. The van der Waals surface area contributed by atoms with Crippen molar-refractivity contribution < 1.29 is 4.74 Å². The highest BCUT2D eigenvalue weighted by molar-refractivity contribution is 5.40. The Morgan fingerprint density at radius 2 is 1.50 bits per heavy atom. The van der Waals surface area contributed by atoms with Crippen LogP contribution in [0, 0.1) is 5.92 Å². The Bertz CT molecular complexity index is 532. The lowest BCUT2D eigenvalue weighted by atomic mass is 9.80. The first-order valence-corrected chi connectivity index (χ1v) is 6.58. The van der Waals surface area contributed by atoms with Gasteiger partial charge in [-0.15, -0.1) is 0 Å². The summed E-state index contributed by atoms with van der Waals surface area (Å²) in [7, 11) is 0. The maximum Gasteiger partial charge on any atom is 0.127 e. The van der Waals surface area contributed by atoms with Crippen LogP contribution in [0.4, 0.5) is 0 Å². The number of hydrogen-bond donors (Lipinski definition) is 0. The van der Waals surface area contributed by atoms with Crippen molar-refractivity contribution in [1.29, 1.82) is 0 Å². The molecule has 0 fully saturated rings. The predicted molar refractivity (Wildman–Crippen MR) is 73.8 cm³/mol. The maximum absolute atomic E-state index is 6.20. The van der Waals surface area contributed by atoms with Crippen molar-refractivity contribution in [3.8, 4) is 5.75 Å². The first-order chi connectivity index (χ1) is 8.77. The summed E-state index contributed by atoms with van der Waals surface area (Å²) in [5.74, 6) is 2.06. The lowest BCUT2D eigenvalue weighted by Gasteiger charge is -2.36. The molecule has 18 heavy (non-hydrogen) atoms. The number of hydrogen-bond acceptors (Lipinski definition) is 1. The largest absolute Gasteiger partial charge is 0.485 e. The summed E-state index contributed by atoms with van der Waals surface area (Å²) >= 11 is 0. The average molecular weight is 238 g/mol. The van der Waals surface area contributed by atoms with Gasteiger partial charge in [0.2, 0.25) is 0 Å². The molecule has 0 N–H and O–H groups in total. The molecule has 3 rings (SSSR count). The average Bonchev–Trinajstić information content (AvgIpc) is 2.44. The van der Waals surface area contributed by atoms with Gasteiger partial charge in [-0.2, -0.15) is 0 Å². The van der Waals surface area contributed by atoms with E-state index in [9.17, 15) is 0 Å². The van der Waals surface area contributed by atoms with Gasteiger partial charge < -0.3 is 4.74 Å².